The number of aromatic nitrogens is 1. The van der Waals surface area contributed by atoms with E-state index in [-0.39, 0.29) is 5.91 Å². The minimum absolute atomic E-state index is 0.0108. The lowest BCUT2D eigenvalue weighted by Gasteiger charge is -2.34. The topological polar surface area (TPSA) is 54.9 Å². The maximum Gasteiger partial charge on any atom is 0.273 e. The van der Waals surface area contributed by atoms with Crippen molar-refractivity contribution >= 4 is 17.2 Å². The number of carbonyl (C=O) groups is 1. The smallest absolute Gasteiger partial charge is 0.273 e. The van der Waals surface area contributed by atoms with Gasteiger partial charge in [0.25, 0.3) is 5.91 Å². The highest BCUT2D eigenvalue weighted by atomic mass is 32.1. The Morgan fingerprint density at radius 3 is 2.48 bits per heavy atom. The van der Waals surface area contributed by atoms with Gasteiger partial charge < -0.3 is 14.4 Å². The Kier molecular flexibility index (Phi) is 7.30. The number of hydrogen-bond acceptors (Lipinski definition) is 6. The van der Waals surface area contributed by atoms with E-state index < -0.39 is 0 Å². The standard InChI is InChI=1S/C24H27N3O3S/c1-29-16-15-26-11-13-27(14-12-26)24(28)22-18-31-23(25-22)20-7-9-21(10-8-20)30-17-19-5-3-2-4-6-19/h2-10,18H,11-17H2,1H3. The molecule has 0 spiro atoms. The maximum atomic E-state index is 12.8. The van der Waals surface area contributed by atoms with Crippen molar-refractivity contribution in [3.05, 3.63) is 71.2 Å². The molecule has 1 aromatic heterocycles. The van der Waals surface area contributed by atoms with Crippen molar-refractivity contribution in [2.24, 2.45) is 0 Å². The second-order valence-electron chi connectivity index (χ2n) is 7.46. The Morgan fingerprint density at radius 2 is 1.77 bits per heavy atom. The van der Waals surface area contributed by atoms with E-state index in [9.17, 15) is 4.79 Å². The molecule has 6 nitrogen and oxygen atoms in total. The molecule has 0 unspecified atom stereocenters. The predicted molar refractivity (Wildman–Crippen MR) is 123 cm³/mol. The van der Waals surface area contributed by atoms with Crippen LogP contribution in [0.15, 0.2) is 60.0 Å². The summed E-state index contributed by atoms with van der Waals surface area (Å²) in [5, 5.41) is 2.70. The van der Waals surface area contributed by atoms with Crippen LogP contribution in [0.1, 0.15) is 16.1 Å². The molecule has 0 N–H and O–H groups in total. The second-order valence-corrected chi connectivity index (χ2v) is 8.32. The number of ether oxygens (including phenoxy) is 2. The summed E-state index contributed by atoms with van der Waals surface area (Å²) < 4.78 is 11.0. The summed E-state index contributed by atoms with van der Waals surface area (Å²) in [7, 11) is 1.71. The zero-order valence-corrected chi connectivity index (χ0v) is 18.5. The molecular weight excluding hydrogens is 410 g/mol. The third-order valence-electron chi connectivity index (χ3n) is 5.34. The number of carbonyl (C=O) groups excluding carboxylic acids is 1. The molecule has 1 saturated heterocycles. The van der Waals surface area contributed by atoms with Gasteiger partial charge in [0.05, 0.1) is 6.61 Å². The lowest BCUT2D eigenvalue weighted by atomic mass is 10.2. The molecule has 3 aromatic rings. The van der Waals surface area contributed by atoms with E-state index in [1.807, 2.05) is 64.9 Å². The fraction of sp³-hybridized carbons (Fsp3) is 0.333. The van der Waals surface area contributed by atoms with Crippen LogP contribution in [0.25, 0.3) is 10.6 Å². The van der Waals surface area contributed by atoms with Gasteiger partial charge in [-0.2, -0.15) is 0 Å². The van der Waals surface area contributed by atoms with Crippen LogP contribution in [0.4, 0.5) is 0 Å². The molecule has 0 saturated carbocycles. The largest absolute Gasteiger partial charge is 0.489 e. The lowest BCUT2D eigenvalue weighted by Crippen LogP contribution is -2.49. The molecule has 2 aromatic carbocycles. The van der Waals surface area contributed by atoms with Gasteiger partial charge in [-0.3, -0.25) is 9.69 Å². The average Bonchev–Trinajstić information content (AvgIpc) is 3.33. The Bertz CT molecular complexity index is 967. The minimum atomic E-state index is 0.0108. The van der Waals surface area contributed by atoms with E-state index in [0.29, 0.717) is 12.3 Å². The first kappa shape index (κ1) is 21.5. The fourth-order valence-corrected chi connectivity index (χ4v) is 4.30. The number of amides is 1. The van der Waals surface area contributed by atoms with Crippen LogP contribution in [-0.2, 0) is 11.3 Å². The summed E-state index contributed by atoms with van der Waals surface area (Å²) in [5.41, 5.74) is 2.64. The summed E-state index contributed by atoms with van der Waals surface area (Å²) in [6.07, 6.45) is 0. The lowest BCUT2D eigenvalue weighted by molar-refractivity contribution is 0.0589. The van der Waals surface area contributed by atoms with Crippen molar-refractivity contribution in [1.82, 2.24) is 14.8 Å². The number of rotatable bonds is 8. The third kappa shape index (κ3) is 5.70. The highest BCUT2D eigenvalue weighted by Crippen LogP contribution is 2.26. The second kappa shape index (κ2) is 10.5. The minimum Gasteiger partial charge on any atom is -0.489 e. The van der Waals surface area contributed by atoms with E-state index in [1.165, 1.54) is 11.3 Å². The van der Waals surface area contributed by atoms with Crippen LogP contribution in [0.3, 0.4) is 0 Å². The molecule has 162 valence electrons. The third-order valence-corrected chi connectivity index (χ3v) is 6.24. The SMILES string of the molecule is COCCN1CCN(C(=O)c2csc(-c3ccc(OCc4ccccc4)cc3)n2)CC1. The number of thiazole rings is 1. The molecule has 1 aliphatic rings. The molecule has 0 aliphatic carbocycles. The number of nitrogens with zero attached hydrogens (tertiary/aromatic N) is 3. The number of piperazine rings is 1. The molecule has 0 bridgehead atoms. The quantitative estimate of drug-likeness (QED) is 0.537. The Morgan fingerprint density at radius 1 is 1.03 bits per heavy atom. The van der Waals surface area contributed by atoms with Crippen LogP contribution in [-0.4, -0.2) is 67.1 Å². The van der Waals surface area contributed by atoms with Crippen LogP contribution >= 0.6 is 11.3 Å². The molecule has 4 rings (SSSR count). The summed E-state index contributed by atoms with van der Waals surface area (Å²) in [6, 6.07) is 18.0. The first-order valence-electron chi connectivity index (χ1n) is 10.5. The van der Waals surface area contributed by atoms with Gasteiger partial charge in [0.15, 0.2) is 0 Å². The molecule has 2 heterocycles. The Balaban J connectivity index is 1.32. The number of benzene rings is 2. The van der Waals surface area contributed by atoms with Crippen molar-refractivity contribution in [2.45, 2.75) is 6.61 Å². The summed E-state index contributed by atoms with van der Waals surface area (Å²) in [4.78, 5) is 21.7. The first-order valence-corrected chi connectivity index (χ1v) is 11.3. The Labute approximate surface area is 187 Å². The van der Waals surface area contributed by atoms with Gasteiger partial charge >= 0.3 is 0 Å². The van der Waals surface area contributed by atoms with Crippen LogP contribution in [0.2, 0.25) is 0 Å². The first-order chi connectivity index (χ1) is 15.2. The normalized spacial score (nSPS) is 14.5. The van der Waals surface area contributed by atoms with Gasteiger partial charge in [0.2, 0.25) is 0 Å². The van der Waals surface area contributed by atoms with Gasteiger partial charge in [0.1, 0.15) is 23.1 Å². The van der Waals surface area contributed by atoms with Gasteiger partial charge in [-0.25, -0.2) is 4.98 Å². The van der Waals surface area contributed by atoms with Gasteiger partial charge in [-0.1, -0.05) is 30.3 Å². The van der Waals surface area contributed by atoms with Crippen LogP contribution in [0.5, 0.6) is 5.75 Å². The zero-order valence-electron chi connectivity index (χ0n) is 17.7. The van der Waals surface area contributed by atoms with Crippen molar-refractivity contribution in [3.63, 3.8) is 0 Å². The molecule has 0 radical (unpaired) electrons. The highest BCUT2D eigenvalue weighted by molar-refractivity contribution is 7.13. The number of hydrogen-bond donors (Lipinski definition) is 0. The van der Waals surface area contributed by atoms with Crippen molar-refractivity contribution < 1.29 is 14.3 Å². The van der Waals surface area contributed by atoms with Gasteiger partial charge in [0, 0.05) is 50.8 Å². The fourth-order valence-electron chi connectivity index (χ4n) is 3.50. The number of methoxy groups -OCH3 is 1. The van der Waals surface area contributed by atoms with Gasteiger partial charge in [-0.15, -0.1) is 11.3 Å². The molecule has 0 atom stereocenters. The van der Waals surface area contributed by atoms with Crippen LogP contribution in [0, 0.1) is 0 Å². The molecule has 7 heteroatoms. The summed E-state index contributed by atoms with van der Waals surface area (Å²) in [5.74, 6) is 0.823. The average molecular weight is 438 g/mol. The summed E-state index contributed by atoms with van der Waals surface area (Å²) in [6.45, 7) is 5.36. The van der Waals surface area contributed by atoms with Crippen molar-refractivity contribution in [3.8, 4) is 16.3 Å². The molecule has 1 fully saturated rings. The Hall–Kier alpha value is -2.74. The van der Waals surface area contributed by atoms with Crippen molar-refractivity contribution in [1.29, 1.82) is 0 Å². The molecule has 1 aliphatic heterocycles. The van der Waals surface area contributed by atoms with Crippen molar-refractivity contribution in [2.75, 3.05) is 46.4 Å². The summed E-state index contributed by atoms with van der Waals surface area (Å²) >= 11 is 1.50. The van der Waals surface area contributed by atoms with E-state index in [4.69, 9.17) is 9.47 Å². The highest BCUT2D eigenvalue weighted by Gasteiger charge is 2.23. The van der Waals surface area contributed by atoms with Crippen LogP contribution < -0.4 is 4.74 Å². The van der Waals surface area contributed by atoms with E-state index in [2.05, 4.69) is 9.88 Å². The van der Waals surface area contributed by atoms with E-state index >= 15 is 0 Å². The predicted octanol–water partition coefficient (Wildman–Crippen LogP) is 3.79. The monoisotopic (exact) mass is 437 g/mol. The van der Waals surface area contributed by atoms with Gasteiger partial charge in [-0.05, 0) is 29.8 Å². The van der Waals surface area contributed by atoms with E-state index in [0.717, 1.165) is 61.2 Å². The zero-order chi connectivity index (χ0) is 21.5. The molecule has 31 heavy (non-hydrogen) atoms. The maximum absolute atomic E-state index is 12.8. The van der Waals surface area contributed by atoms with E-state index in [1.54, 1.807) is 7.11 Å². The molecule has 1 amide bonds. The molecular formula is C24H27N3O3S.